The number of carbonyl (C=O) groups excluding carboxylic acids is 1. The molecular formula is C32H37F2N5O4S. The zero-order valence-corrected chi connectivity index (χ0v) is 26.5. The van der Waals surface area contributed by atoms with Crippen LogP contribution in [-0.2, 0) is 20.9 Å². The number of amidine groups is 1. The Morgan fingerprint density at radius 2 is 1.95 bits per heavy atom. The quantitative estimate of drug-likeness (QED) is 0.276. The van der Waals surface area contributed by atoms with E-state index in [2.05, 4.69) is 15.3 Å². The van der Waals surface area contributed by atoms with Crippen molar-refractivity contribution in [1.29, 1.82) is 0 Å². The molecule has 0 amide bonds. The first-order valence-corrected chi connectivity index (χ1v) is 15.3. The van der Waals surface area contributed by atoms with Crippen molar-refractivity contribution in [3.8, 4) is 0 Å². The minimum absolute atomic E-state index is 0.0203. The first kappa shape index (κ1) is 31.4. The summed E-state index contributed by atoms with van der Waals surface area (Å²) in [7, 11) is 0. The lowest BCUT2D eigenvalue weighted by Gasteiger charge is -2.29. The van der Waals surface area contributed by atoms with Crippen LogP contribution in [-0.4, -0.2) is 51.1 Å². The van der Waals surface area contributed by atoms with Gasteiger partial charge < -0.3 is 24.6 Å². The number of aromatic nitrogens is 2. The Bertz CT molecular complexity index is 1640. The first-order valence-electron chi connectivity index (χ1n) is 14.4. The van der Waals surface area contributed by atoms with Gasteiger partial charge in [-0.15, -0.1) is 11.3 Å². The summed E-state index contributed by atoms with van der Waals surface area (Å²) in [4.78, 5) is 36.3. The number of aryl methyl sites for hydroxylation is 1. The maximum atomic E-state index is 15.6. The van der Waals surface area contributed by atoms with Gasteiger partial charge in [-0.25, -0.2) is 18.6 Å². The highest BCUT2D eigenvalue weighted by molar-refractivity contribution is 7.11. The number of alkyl halides is 1. The highest BCUT2D eigenvalue weighted by Crippen LogP contribution is 2.41. The number of halogens is 2. The van der Waals surface area contributed by atoms with Crippen LogP contribution in [0.25, 0.3) is 0 Å². The molecule has 4 heterocycles. The van der Waals surface area contributed by atoms with Crippen LogP contribution in [0.1, 0.15) is 75.1 Å². The Kier molecular flexibility index (Phi) is 8.41. The summed E-state index contributed by atoms with van der Waals surface area (Å²) < 4.78 is 37.6. The molecule has 0 saturated carbocycles. The van der Waals surface area contributed by atoms with E-state index in [0.29, 0.717) is 52.0 Å². The van der Waals surface area contributed by atoms with Crippen molar-refractivity contribution >= 4 is 34.8 Å². The van der Waals surface area contributed by atoms with Crippen LogP contribution in [0.5, 0.6) is 0 Å². The number of nitrogens with one attached hydrogen (secondary N) is 1. The minimum Gasteiger partial charge on any atom is -0.478 e. The maximum absolute atomic E-state index is 15.6. The molecular weight excluding hydrogens is 588 g/mol. The van der Waals surface area contributed by atoms with E-state index in [1.807, 2.05) is 45.3 Å². The smallest absolute Gasteiger partial charge is 0.335 e. The third-order valence-corrected chi connectivity index (χ3v) is 8.66. The van der Waals surface area contributed by atoms with Crippen molar-refractivity contribution in [3.05, 3.63) is 81.0 Å². The number of anilines is 1. The summed E-state index contributed by atoms with van der Waals surface area (Å²) in [6.45, 7) is 11.2. The van der Waals surface area contributed by atoms with Crippen LogP contribution in [0.4, 0.5) is 14.5 Å². The Balaban J connectivity index is 1.45. The minimum atomic E-state index is -1.32. The third kappa shape index (κ3) is 6.26. The van der Waals surface area contributed by atoms with Gasteiger partial charge in [0.1, 0.15) is 17.5 Å². The number of hydrogen-bond donors (Lipinski definition) is 2. The largest absolute Gasteiger partial charge is 0.478 e. The Labute approximate surface area is 259 Å². The van der Waals surface area contributed by atoms with Gasteiger partial charge in [0.05, 0.1) is 35.5 Å². The first-order chi connectivity index (χ1) is 20.7. The molecule has 0 radical (unpaired) electrons. The lowest BCUT2D eigenvalue weighted by Crippen LogP contribution is -2.39. The number of carboxylic acids is 1. The van der Waals surface area contributed by atoms with Gasteiger partial charge in [-0.3, -0.25) is 9.79 Å². The van der Waals surface area contributed by atoms with Crippen molar-refractivity contribution in [3.63, 3.8) is 0 Å². The highest BCUT2D eigenvalue weighted by atomic mass is 32.1. The van der Waals surface area contributed by atoms with Gasteiger partial charge in [-0.2, -0.15) is 0 Å². The standard InChI is InChI=1S/C32H37F2N5O4S/c1-18-19(8-7-9-20(18)33)25-24(29(40)41)22(36-27(37-25)28-35-12-15-44-28)17-39-16-21(34)26-23(39)10-13-38(26)14-11-32(5,6)30(42)43-31(2,3)4/h7-10,12-13,15,21,25H,11,14,16-17H2,1-6H3,(H,36,37)(H,40,41)/t21?,25-/m0/s1. The number of aliphatic imine (C=N–C) groups is 1. The zero-order valence-electron chi connectivity index (χ0n) is 25.6. The number of ether oxygens (including phenoxy) is 1. The second-order valence-electron chi connectivity index (χ2n) is 12.8. The molecule has 2 N–H and O–H groups in total. The average Bonchev–Trinajstić information content (AvgIpc) is 3.68. The number of rotatable bonds is 9. The van der Waals surface area contributed by atoms with Crippen LogP contribution in [0, 0.1) is 18.2 Å². The summed E-state index contributed by atoms with van der Waals surface area (Å²) in [5.41, 5.74) is 0.746. The second kappa shape index (κ2) is 11.8. The molecule has 1 aromatic carbocycles. The second-order valence-corrected chi connectivity index (χ2v) is 13.7. The summed E-state index contributed by atoms with van der Waals surface area (Å²) in [6.07, 6.45) is 2.52. The van der Waals surface area contributed by atoms with Crippen LogP contribution in [0.3, 0.4) is 0 Å². The summed E-state index contributed by atoms with van der Waals surface area (Å²) in [5, 5.41) is 15.9. The van der Waals surface area contributed by atoms with Crippen molar-refractivity contribution in [2.45, 2.75) is 72.3 Å². The maximum Gasteiger partial charge on any atom is 0.335 e. The summed E-state index contributed by atoms with van der Waals surface area (Å²) >= 11 is 1.33. The molecule has 234 valence electrons. The van der Waals surface area contributed by atoms with Gasteiger partial charge >= 0.3 is 11.9 Å². The predicted molar refractivity (Wildman–Crippen MR) is 165 cm³/mol. The fraction of sp³-hybridized carbons (Fsp3) is 0.438. The lowest BCUT2D eigenvalue weighted by atomic mass is 9.89. The van der Waals surface area contributed by atoms with Gasteiger partial charge in [0.25, 0.3) is 0 Å². The molecule has 12 heteroatoms. The third-order valence-electron chi connectivity index (χ3n) is 7.88. The number of fused-ring (bicyclic) bond motifs is 1. The highest BCUT2D eigenvalue weighted by Gasteiger charge is 2.38. The van der Waals surface area contributed by atoms with Crippen molar-refractivity contribution < 1.29 is 28.2 Å². The fourth-order valence-electron chi connectivity index (χ4n) is 5.48. The summed E-state index contributed by atoms with van der Waals surface area (Å²) in [5.74, 6) is -1.61. The number of nitrogens with zero attached hydrogens (tertiary/aromatic N) is 4. The number of aliphatic carboxylic acids is 1. The normalized spacial score (nSPS) is 18.6. The number of carbonyl (C=O) groups is 2. The van der Waals surface area contributed by atoms with Gasteiger partial charge in [-0.1, -0.05) is 12.1 Å². The van der Waals surface area contributed by atoms with Crippen LogP contribution >= 0.6 is 11.3 Å². The number of hydrogen-bond acceptors (Lipinski definition) is 8. The zero-order chi connectivity index (χ0) is 32.0. The van der Waals surface area contributed by atoms with E-state index in [4.69, 9.17) is 4.74 Å². The average molecular weight is 626 g/mol. The lowest BCUT2D eigenvalue weighted by molar-refractivity contribution is -0.166. The van der Waals surface area contributed by atoms with Crippen molar-refractivity contribution in [2.24, 2.45) is 10.4 Å². The van der Waals surface area contributed by atoms with Crippen LogP contribution in [0.2, 0.25) is 0 Å². The number of thiazole rings is 1. The molecule has 2 aliphatic rings. The Hall–Kier alpha value is -4.06. The Morgan fingerprint density at radius 3 is 2.61 bits per heavy atom. The fourth-order valence-corrected chi connectivity index (χ4v) is 6.07. The summed E-state index contributed by atoms with van der Waals surface area (Å²) in [6, 6.07) is 5.33. The number of benzene rings is 1. The molecule has 9 nitrogen and oxygen atoms in total. The van der Waals surface area contributed by atoms with E-state index < -0.39 is 35.0 Å². The van der Waals surface area contributed by atoms with E-state index in [9.17, 15) is 19.1 Å². The SMILES string of the molecule is Cc1c(F)cccc1[C@@H]1N=C(c2nccs2)NC(CN2CC(F)c3c2ccn3CCC(C)(C)C(=O)OC(C)(C)C)=C1C(=O)O. The van der Waals surface area contributed by atoms with Gasteiger partial charge in [0.15, 0.2) is 17.0 Å². The molecule has 0 bridgehead atoms. The Morgan fingerprint density at radius 1 is 1.20 bits per heavy atom. The number of carboxylic acid groups (broad SMARTS) is 1. The monoisotopic (exact) mass is 625 g/mol. The van der Waals surface area contributed by atoms with Gasteiger partial charge in [0, 0.05) is 30.0 Å². The van der Waals surface area contributed by atoms with Gasteiger partial charge in [-0.05, 0) is 71.2 Å². The van der Waals surface area contributed by atoms with E-state index >= 15 is 4.39 Å². The molecule has 1 unspecified atom stereocenters. The van der Waals surface area contributed by atoms with Crippen LogP contribution < -0.4 is 10.2 Å². The van der Waals surface area contributed by atoms with E-state index in [1.54, 1.807) is 35.7 Å². The van der Waals surface area contributed by atoms with Crippen LogP contribution in [0.15, 0.2) is 58.3 Å². The topological polar surface area (TPSA) is 109 Å². The molecule has 2 aromatic heterocycles. The molecule has 2 atom stereocenters. The number of esters is 1. The van der Waals surface area contributed by atoms with Crippen molar-refractivity contribution in [2.75, 3.05) is 18.0 Å². The molecule has 0 aliphatic carbocycles. The molecule has 0 fully saturated rings. The molecule has 3 aromatic rings. The van der Waals surface area contributed by atoms with Crippen molar-refractivity contribution in [1.82, 2.24) is 14.9 Å². The van der Waals surface area contributed by atoms with E-state index in [-0.39, 0.29) is 24.6 Å². The van der Waals surface area contributed by atoms with E-state index in [1.165, 1.54) is 23.5 Å². The van der Waals surface area contributed by atoms with Gasteiger partial charge in [0.2, 0.25) is 0 Å². The molecule has 0 saturated heterocycles. The molecule has 0 spiro atoms. The molecule has 5 rings (SSSR count). The molecule has 2 aliphatic heterocycles. The van der Waals surface area contributed by atoms with E-state index in [0.717, 1.165) is 0 Å². The predicted octanol–water partition coefficient (Wildman–Crippen LogP) is 6.11. The molecule has 44 heavy (non-hydrogen) atoms.